The average Bonchev–Trinajstić information content (AvgIpc) is 2.61. The molecule has 128 valence electrons. The Balaban J connectivity index is 1.77. The fourth-order valence-corrected chi connectivity index (χ4v) is 4.61. The number of rotatable bonds is 0. The molecule has 0 aromatic heterocycles. The summed E-state index contributed by atoms with van der Waals surface area (Å²) >= 11 is 0. The molecule has 2 aromatic rings. The maximum absolute atomic E-state index is 6.40. The van der Waals surface area contributed by atoms with Crippen molar-refractivity contribution in [2.75, 3.05) is 32.1 Å². The van der Waals surface area contributed by atoms with Gasteiger partial charge in [-0.15, -0.1) is 0 Å². The number of ether oxygens (including phenoxy) is 1. The first-order chi connectivity index (χ1) is 12.1. The van der Waals surface area contributed by atoms with Crippen molar-refractivity contribution in [2.45, 2.75) is 32.6 Å². The fourth-order valence-electron chi connectivity index (χ4n) is 4.61. The first kappa shape index (κ1) is 15.0. The van der Waals surface area contributed by atoms with E-state index < -0.39 is 0 Å². The van der Waals surface area contributed by atoms with Crippen molar-refractivity contribution in [3.8, 4) is 11.5 Å². The lowest BCUT2D eigenvalue weighted by molar-refractivity contribution is 0.467. The number of nitrogens with zero attached hydrogens (tertiary/aromatic N) is 2. The van der Waals surface area contributed by atoms with Gasteiger partial charge in [-0.2, -0.15) is 0 Å². The van der Waals surface area contributed by atoms with Gasteiger partial charge in [-0.05, 0) is 49.5 Å². The number of anilines is 1. The molecule has 3 heterocycles. The molecule has 0 bridgehead atoms. The third-order valence-corrected chi connectivity index (χ3v) is 6.09. The van der Waals surface area contributed by atoms with Gasteiger partial charge in [0.2, 0.25) is 5.36 Å². The molecule has 0 N–H and O–H groups in total. The van der Waals surface area contributed by atoms with Crippen molar-refractivity contribution >= 4 is 11.3 Å². The molecular formula is C22H25N2O+. The number of benzene rings is 2. The van der Waals surface area contributed by atoms with Gasteiger partial charge in [0.25, 0.3) is 0 Å². The van der Waals surface area contributed by atoms with Crippen molar-refractivity contribution in [1.82, 2.24) is 4.58 Å². The van der Waals surface area contributed by atoms with Gasteiger partial charge in [0.05, 0.1) is 6.07 Å². The zero-order valence-corrected chi connectivity index (χ0v) is 15.4. The summed E-state index contributed by atoms with van der Waals surface area (Å²) in [6.07, 6.45) is 4.81. The third-order valence-electron chi connectivity index (χ3n) is 6.09. The van der Waals surface area contributed by atoms with Gasteiger partial charge in [-0.3, -0.25) is 0 Å². The third kappa shape index (κ3) is 2.21. The van der Waals surface area contributed by atoms with Crippen LogP contribution in [0.3, 0.4) is 0 Å². The van der Waals surface area contributed by atoms with E-state index in [-0.39, 0.29) is 0 Å². The van der Waals surface area contributed by atoms with Crippen LogP contribution in [0.15, 0.2) is 24.3 Å². The molecule has 0 aliphatic carbocycles. The molecule has 0 saturated carbocycles. The smallest absolute Gasteiger partial charge is 0.206 e. The highest BCUT2D eigenvalue weighted by atomic mass is 16.5. The molecule has 2 aromatic carbocycles. The van der Waals surface area contributed by atoms with Crippen LogP contribution in [0.1, 0.15) is 36.5 Å². The Morgan fingerprint density at radius 3 is 2.72 bits per heavy atom. The predicted octanol–water partition coefficient (Wildman–Crippen LogP) is 2.46. The summed E-state index contributed by atoms with van der Waals surface area (Å²) in [5.74, 6) is 2.02. The van der Waals surface area contributed by atoms with Crippen LogP contribution in [-0.2, 0) is 12.8 Å². The SMILES string of the molecule is CC1=c2cc3c(cc2Oc2cc4c(cc21)CCCN4C)=[N+](C)CCC3. The van der Waals surface area contributed by atoms with Gasteiger partial charge in [0.1, 0.15) is 25.1 Å². The molecule has 3 nitrogen and oxygen atoms in total. The van der Waals surface area contributed by atoms with Crippen LogP contribution in [0.4, 0.5) is 5.69 Å². The monoisotopic (exact) mass is 333 g/mol. The van der Waals surface area contributed by atoms with E-state index in [1.807, 2.05) is 0 Å². The lowest BCUT2D eigenvalue weighted by Crippen LogP contribution is -2.36. The first-order valence-electron chi connectivity index (χ1n) is 9.40. The molecular weight excluding hydrogens is 308 g/mol. The molecule has 3 aliphatic rings. The van der Waals surface area contributed by atoms with Crippen LogP contribution in [0.25, 0.3) is 5.57 Å². The maximum Gasteiger partial charge on any atom is 0.206 e. The number of hydrogen-bond donors (Lipinski definition) is 0. The number of aryl methyl sites for hydroxylation is 2. The Morgan fingerprint density at radius 2 is 1.84 bits per heavy atom. The van der Waals surface area contributed by atoms with Crippen molar-refractivity contribution in [3.05, 3.63) is 51.5 Å². The van der Waals surface area contributed by atoms with Crippen molar-refractivity contribution < 1.29 is 4.74 Å². The van der Waals surface area contributed by atoms with Gasteiger partial charge in [0, 0.05) is 48.1 Å². The summed E-state index contributed by atoms with van der Waals surface area (Å²) in [7, 11) is 4.37. The topological polar surface area (TPSA) is 15.5 Å². The molecule has 0 saturated heterocycles. The number of fused-ring (bicyclic) bond motifs is 4. The summed E-state index contributed by atoms with van der Waals surface area (Å²) in [5.41, 5.74) is 6.86. The Bertz CT molecular complexity index is 1020. The van der Waals surface area contributed by atoms with Crippen molar-refractivity contribution in [2.24, 2.45) is 0 Å². The fraction of sp³-hybridized carbons (Fsp3) is 0.409. The zero-order chi connectivity index (χ0) is 17.1. The zero-order valence-electron chi connectivity index (χ0n) is 15.4. The highest BCUT2D eigenvalue weighted by Crippen LogP contribution is 2.39. The van der Waals surface area contributed by atoms with E-state index in [2.05, 4.69) is 54.8 Å². The molecule has 0 radical (unpaired) electrons. The van der Waals surface area contributed by atoms with E-state index >= 15 is 0 Å². The lowest BCUT2D eigenvalue weighted by atomic mass is 9.92. The largest absolute Gasteiger partial charge is 0.456 e. The summed E-state index contributed by atoms with van der Waals surface area (Å²) in [6, 6.07) is 9.23. The van der Waals surface area contributed by atoms with Gasteiger partial charge < -0.3 is 9.64 Å². The molecule has 3 heteroatoms. The van der Waals surface area contributed by atoms with Crippen molar-refractivity contribution in [1.29, 1.82) is 0 Å². The van der Waals surface area contributed by atoms with E-state index in [1.54, 1.807) is 0 Å². The van der Waals surface area contributed by atoms with E-state index in [0.717, 1.165) is 24.6 Å². The highest BCUT2D eigenvalue weighted by molar-refractivity contribution is 5.77. The predicted molar refractivity (Wildman–Crippen MR) is 102 cm³/mol. The molecule has 0 unspecified atom stereocenters. The molecule has 0 atom stereocenters. The van der Waals surface area contributed by atoms with Crippen LogP contribution in [0, 0.1) is 0 Å². The standard InChI is InChI=1S/C22H25N2O/c1-14-17-10-15-6-4-8-23(2)19(15)12-21(17)25-22-13-20-16(11-18(14)22)7-5-9-24(20)3/h10-13H,4-9H2,1-3H3/q+1. The Labute approximate surface area is 148 Å². The summed E-state index contributed by atoms with van der Waals surface area (Å²) in [5, 5.41) is 2.60. The average molecular weight is 333 g/mol. The lowest BCUT2D eigenvalue weighted by Gasteiger charge is -2.30. The minimum Gasteiger partial charge on any atom is -0.456 e. The molecule has 3 aliphatic heterocycles. The van der Waals surface area contributed by atoms with Crippen LogP contribution in [-0.4, -0.2) is 27.2 Å². The van der Waals surface area contributed by atoms with Crippen LogP contribution >= 0.6 is 0 Å². The van der Waals surface area contributed by atoms with Gasteiger partial charge in [0.15, 0.2) is 0 Å². The quantitative estimate of drug-likeness (QED) is 0.688. The second kappa shape index (κ2) is 5.35. The Morgan fingerprint density at radius 1 is 1.00 bits per heavy atom. The number of hydrogen-bond acceptors (Lipinski definition) is 2. The Hall–Kier alpha value is -2.29. The second-order valence-electron chi connectivity index (χ2n) is 7.73. The first-order valence-corrected chi connectivity index (χ1v) is 9.40. The van der Waals surface area contributed by atoms with Crippen LogP contribution in [0.5, 0.6) is 11.5 Å². The molecule has 0 amide bonds. The van der Waals surface area contributed by atoms with E-state index in [4.69, 9.17) is 4.74 Å². The molecule has 5 rings (SSSR count). The molecule has 0 spiro atoms. The molecule has 0 fully saturated rings. The van der Waals surface area contributed by atoms with E-state index in [0.29, 0.717) is 0 Å². The van der Waals surface area contributed by atoms with Gasteiger partial charge >= 0.3 is 0 Å². The minimum absolute atomic E-state index is 1.01. The van der Waals surface area contributed by atoms with Crippen molar-refractivity contribution in [3.63, 3.8) is 0 Å². The highest BCUT2D eigenvalue weighted by Gasteiger charge is 2.24. The van der Waals surface area contributed by atoms with E-state index in [9.17, 15) is 0 Å². The normalized spacial score (nSPS) is 18.1. The minimum atomic E-state index is 1.01. The summed E-state index contributed by atoms with van der Waals surface area (Å²) in [4.78, 5) is 2.36. The second-order valence-corrected chi connectivity index (χ2v) is 7.73. The maximum atomic E-state index is 6.40. The molecule has 25 heavy (non-hydrogen) atoms. The van der Waals surface area contributed by atoms with Gasteiger partial charge in [-0.1, -0.05) is 0 Å². The van der Waals surface area contributed by atoms with Crippen LogP contribution < -0.4 is 24.8 Å². The summed E-state index contributed by atoms with van der Waals surface area (Å²) in [6.45, 7) is 4.50. The Kier molecular flexibility index (Phi) is 3.21. The van der Waals surface area contributed by atoms with Gasteiger partial charge in [-0.25, -0.2) is 4.58 Å². The van der Waals surface area contributed by atoms with Crippen LogP contribution in [0.2, 0.25) is 0 Å². The summed E-state index contributed by atoms with van der Waals surface area (Å²) < 4.78 is 8.76. The van der Waals surface area contributed by atoms with E-state index in [1.165, 1.54) is 64.2 Å².